The van der Waals surface area contributed by atoms with E-state index < -0.39 is 17.4 Å². The molecule has 2 fully saturated rings. The van der Waals surface area contributed by atoms with Crippen molar-refractivity contribution in [1.82, 2.24) is 4.90 Å². The highest BCUT2D eigenvalue weighted by Crippen LogP contribution is 2.40. The zero-order valence-corrected chi connectivity index (χ0v) is 12.3. The summed E-state index contributed by atoms with van der Waals surface area (Å²) in [5, 5.41) is 9.45. The second kappa shape index (κ2) is 6.12. The second-order valence-electron chi connectivity index (χ2n) is 6.34. The van der Waals surface area contributed by atoms with Gasteiger partial charge < -0.3 is 15.7 Å². The van der Waals surface area contributed by atoms with Crippen LogP contribution in [0.15, 0.2) is 0 Å². The molecular formula is C15H26N2O3. The van der Waals surface area contributed by atoms with E-state index in [0.717, 1.165) is 38.5 Å². The zero-order valence-electron chi connectivity index (χ0n) is 12.3. The maximum absolute atomic E-state index is 12.8. The number of carbonyl (C=O) groups is 2. The van der Waals surface area contributed by atoms with Crippen molar-refractivity contribution >= 4 is 11.9 Å². The molecule has 1 heterocycles. The molecule has 5 heteroatoms. The average Bonchev–Trinajstić information content (AvgIpc) is 2.95. The van der Waals surface area contributed by atoms with Crippen molar-refractivity contribution in [3.63, 3.8) is 0 Å². The van der Waals surface area contributed by atoms with E-state index in [9.17, 15) is 14.7 Å². The summed E-state index contributed by atoms with van der Waals surface area (Å²) < 4.78 is 0. The molecular weight excluding hydrogens is 256 g/mol. The summed E-state index contributed by atoms with van der Waals surface area (Å²) in [4.78, 5) is 26.0. The molecule has 2 unspecified atom stereocenters. The van der Waals surface area contributed by atoms with Gasteiger partial charge in [0.05, 0.1) is 5.41 Å². The fraction of sp³-hybridized carbons (Fsp3) is 0.867. The van der Waals surface area contributed by atoms with Gasteiger partial charge in [-0.15, -0.1) is 0 Å². The van der Waals surface area contributed by atoms with Crippen molar-refractivity contribution in [2.45, 2.75) is 57.9 Å². The molecule has 1 saturated carbocycles. The minimum Gasteiger partial charge on any atom is -0.480 e. The first-order valence-corrected chi connectivity index (χ1v) is 7.78. The normalized spacial score (nSPS) is 29.4. The van der Waals surface area contributed by atoms with Gasteiger partial charge in [0.25, 0.3) is 0 Å². The zero-order chi connectivity index (χ0) is 14.8. The number of hydrogen-bond donors (Lipinski definition) is 2. The number of nitrogens with two attached hydrogens (primary N) is 1. The van der Waals surface area contributed by atoms with Gasteiger partial charge in [0.15, 0.2) is 0 Å². The van der Waals surface area contributed by atoms with E-state index in [2.05, 4.69) is 6.92 Å². The van der Waals surface area contributed by atoms with Crippen molar-refractivity contribution in [3.8, 4) is 0 Å². The third-order valence-corrected chi connectivity index (χ3v) is 5.24. The molecule has 114 valence electrons. The van der Waals surface area contributed by atoms with Crippen LogP contribution < -0.4 is 5.73 Å². The summed E-state index contributed by atoms with van der Waals surface area (Å²) in [5.74, 6) is -0.473. The molecule has 0 aromatic carbocycles. The molecule has 0 spiro atoms. The molecule has 0 bridgehead atoms. The Morgan fingerprint density at radius 1 is 1.35 bits per heavy atom. The van der Waals surface area contributed by atoms with Gasteiger partial charge in [-0.3, -0.25) is 4.79 Å². The van der Waals surface area contributed by atoms with E-state index in [1.165, 1.54) is 0 Å². The maximum atomic E-state index is 12.8. The maximum Gasteiger partial charge on any atom is 0.326 e. The highest BCUT2D eigenvalue weighted by atomic mass is 16.4. The number of amides is 1. The lowest BCUT2D eigenvalue weighted by atomic mass is 9.81. The largest absolute Gasteiger partial charge is 0.480 e. The predicted molar refractivity (Wildman–Crippen MR) is 76.1 cm³/mol. The number of hydrogen-bond acceptors (Lipinski definition) is 3. The van der Waals surface area contributed by atoms with Crippen LogP contribution in [0, 0.1) is 11.3 Å². The molecule has 1 amide bonds. The van der Waals surface area contributed by atoms with Gasteiger partial charge >= 0.3 is 5.97 Å². The van der Waals surface area contributed by atoms with Crippen LogP contribution in [0.1, 0.15) is 51.9 Å². The molecule has 5 nitrogen and oxygen atoms in total. The van der Waals surface area contributed by atoms with Gasteiger partial charge in [0.2, 0.25) is 5.91 Å². The van der Waals surface area contributed by atoms with E-state index in [-0.39, 0.29) is 5.91 Å². The summed E-state index contributed by atoms with van der Waals surface area (Å²) in [5.41, 5.74) is 5.36. The molecule has 0 aromatic heterocycles. The Labute approximate surface area is 120 Å². The third-order valence-electron chi connectivity index (χ3n) is 5.24. The monoisotopic (exact) mass is 282 g/mol. The van der Waals surface area contributed by atoms with Gasteiger partial charge in [0, 0.05) is 13.1 Å². The summed E-state index contributed by atoms with van der Waals surface area (Å²) >= 11 is 0. The first-order valence-electron chi connectivity index (χ1n) is 7.78. The molecule has 2 atom stereocenters. The number of aliphatic carboxylic acids is 1. The fourth-order valence-corrected chi connectivity index (χ4v) is 3.75. The van der Waals surface area contributed by atoms with Crippen LogP contribution in [0.25, 0.3) is 0 Å². The minimum absolute atomic E-state index is 0.0144. The molecule has 1 saturated heterocycles. The summed E-state index contributed by atoms with van der Waals surface area (Å²) in [6.07, 6.45) is 6.13. The van der Waals surface area contributed by atoms with Crippen molar-refractivity contribution in [2.75, 3.05) is 13.1 Å². The standard InChI is InChI=1S/C15H26N2O3/c1-2-11-5-8-17(12(9-11)13(18)19)14(20)15(10-16)6-3-4-7-15/h11-12H,2-10,16H2,1H3,(H,18,19). The Balaban J connectivity index is 2.17. The van der Waals surface area contributed by atoms with E-state index in [0.29, 0.717) is 25.4 Å². The number of rotatable bonds is 4. The predicted octanol–water partition coefficient (Wildman–Crippen LogP) is 1.61. The third kappa shape index (κ3) is 2.68. The van der Waals surface area contributed by atoms with Crippen LogP contribution in [0.5, 0.6) is 0 Å². The van der Waals surface area contributed by atoms with Crippen molar-refractivity contribution in [1.29, 1.82) is 0 Å². The van der Waals surface area contributed by atoms with Gasteiger partial charge in [0.1, 0.15) is 6.04 Å². The average molecular weight is 282 g/mol. The minimum atomic E-state index is -0.873. The Morgan fingerprint density at radius 2 is 2.00 bits per heavy atom. The Bertz CT molecular complexity index is 377. The number of piperidine rings is 1. The smallest absolute Gasteiger partial charge is 0.326 e. The number of carboxylic acid groups (broad SMARTS) is 1. The van der Waals surface area contributed by atoms with Crippen LogP contribution in [0.3, 0.4) is 0 Å². The lowest BCUT2D eigenvalue weighted by molar-refractivity contribution is -0.158. The second-order valence-corrected chi connectivity index (χ2v) is 6.34. The molecule has 1 aliphatic heterocycles. The molecule has 1 aliphatic carbocycles. The van der Waals surface area contributed by atoms with Gasteiger partial charge in [-0.25, -0.2) is 4.79 Å². The SMILES string of the molecule is CCC1CCN(C(=O)C2(CN)CCCC2)C(C(=O)O)C1. The van der Waals surface area contributed by atoms with E-state index in [1.54, 1.807) is 4.90 Å². The summed E-state index contributed by atoms with van der Waals surface area (Å²) in [6.45, 7) is 2.99. The van der Waals surface area contributed by atoms with Crippen molar-refractivity contribution < 1.29 is 14.7 Å². The topological polar surface area (TPSA) is 83.6 Å². The van der Waals surface area contributed by atoms with E-state index in [4.69, 9.17) is 5.73 Å². The van der Waals surface area contributed by atoms with Gasteiger partial charge in [-0.2, -0.15) is 0 Å². The first-order chi connectivity index (χ1) is 9.54. The molecule has 2 aliphatic rings. The van der Waals surface area contributed by atoms with Crippen LogP contribution >= 0.6 is 0 Å². The van der Waals surface area contributed by atoms with Crippen LogP contribution in [0.2, 0.25) is 0 Å². The number of nitrogens with zero attached hydrogens (tertiary/aromatic N) is 1. The first kappa shape index (κ1) is 15.3. The Kier molecular flexibility index (Phi) is 4.68. The van der Waals surface area contributed by atoms with Crippen molar-refractivity contribution in [2.24, 2.45) is 17.1 Å². The van der Waals surface area contributed by atoms with Gasteiger partial charge in [-0.05, 0) is 31.6 Å². The van der Waals surface area contributed by atoms with Gasteiger partial charge in [-0.1, -0.05) is 26.2 Å². The lowest BCUT2D eigenvalue weighted by Gasteiger charge is -2.41. The quantitative estimate of drug-likeness (QED) is 0.820. The molecule has 2 rings (SSSR count). The molecule has 0 radical (unpaired) electrons. The fourth-order valence-electron chi connectivity index (χ4n) is 3.75. The van der Waals surface area contributed by atoms with E-state index in [1.807, 2.05) is 0 Å². The summed E-state index contributed by atoms with van der Waals surface area (Å²) in [6, 6.07) is -0.662. The number of carboxylic acids is 1. The Hall–Kier alpha value is -1.10. The van der Waals surface area contributed by atoms with E-state index >= 15 is 0 Å². The highest BCUT2D eigenvalue weighted by molar-refractivity contribution is 5.88. The van der Waals surface area contributed by atoms with Crippen LogP contribution in [-0.2, 0) is 9.59 Å². The lowest BCUT2D eigenvalue weighted by Crippen LogP contribution is -2.56. The van der Waals surface area contributed by atoms with Crippen molar-refractivity contribution in [3.05, 3.63) is 0 Å². The molecule has 20 heavy (non-hydrogen) atoms. The molecule has 3 N–H and O–H groups in total. The molecule has 0 aromatic rings. The van der Waals surface area contributed by atoms with Crippen LogP contribution in [0.4, 0.5) is 0 Å². The number of carbonyl (C=O) groups excluding carboxylic acids is 1. The van der Waals surface area contributed by atoms with Crippen LogP contribution in [-0.4, -0.2) is 41.0 Å². The highest BCUT2D eigenvalue weighted by Gasteiger charge is 2.46. The number of likely N-dealkylation sites (tertiary alicyclic amines) is 1. The summed E-state index contributed by atoms with van der Waals surface area (Å²) in [7, 11) is 0. The Morgan fingerprint density at radius 3 is 2.50 bits per heavy atom.